The molecule has 0 aromatic rings. The summed E-state index contributed by atoms with van der Waals surface area (Å²) in [5, 5.41) is 0. The van der Waals surface area contributed by atoms with Gasteiger partial charge in [0.15, 0.2) is 0 Å². The zero-order valence-electron chi connectivity index (χ0n) is 10.0. The molecular weight excluding hydrogens is 172 g/mol. The Kier molecular flexibility index (Phi) is 4.78. The van der Waals surface area contributed by atoms with E-state index in [0.29, 0.717) is 0 Å². The second-order valence-electron chi connectivity index (χ2n) is 4.96. The second-order valence-corrected chi connectivity index (χ2v) is 11.0. The average Bonchev–Trinajstić information content (AvgIpc) is 1.97. The Morgan fingerprint density at radius 2 is 1.23 bits per heavy atom. The number of terminal acetylenes is 1. The minimum Gasteiger partial charge on any atom is -0.120 e. The van der Waals surface area contributed by atoms with Crippen LogP contribution in [0.15, 0.2) is 0 Å². The maximum Gasteiger partial charge on any atom is 0.0740 e. The normalized spacial score (nSPS) is 12.6. The summed E-state index contributed by atoms with van der Waals surface area (Å²) in [5.74, 6) is 2.91. The molecule has 0 saturated carbocycles. The van der Waals surface area contributed by atoms with Crippen molar-refractivity contribution in [3.8, 4) is 12.3 Å². The lowest BCUT2D eigenvalue weighted by atomic mass is 10.5. The smallest absolute Gasteiger partial charge is 0.0740 e. The SMILES string of the molecule is C#CC[Si](C(C)C)(C(C)C)C(C)C. The van der Waals surface area contributed by atoms with Crippen LogP contribution < -0.4 is 0 Å². The van der Waals surface area contributed by atoms with Gasteiger partial charge in [-0.05, 0) is 16.6 Å². The molecule has 0 aromatic heterocycles. The minimum absolute atomic E-state index is 0.795. The molecule has 13 heavy (non-hydrogen) atoms. The molecule has 0 aromatic carbocycles. The molecule has 0 heterocycles. The monoisotopic (exact) mass is 196 g/mol. The van der Waals surface area contributed by atoms with Gasteiger partial charge < -0.3 is 0 Å². The molecule has 0 bridgehead atoms. The van der Waals surface area contributed by atoms with Crippen LogP contribution in [-0.4, -0.2) is 8.07 Å². The average molecular weight is 196 g/mol. The molecule has 0 unspecified atom stereocenters. The zero-order chi connectivity index (χ0) is 10.6. The molecule has 0 rings (SSSR count). The van der Waals surface area contributed by atoms with E-state index in [4.69, 9.17) is 6.42 Å². The lowest BCUT2D eigenvalue weighted by Crippen LogP contribution is -2.43. The molecule has 0 atom stereocenters. The fourth-order valence-corrected chi connectivity index (χ4v) is 8.37. The lowest BCUT2D eigenvalue weighted by Gasteiger charge is -2.41. The molecule has 1 heteroatoms. The van der Waals surface area contributed by atoms with Crippen molar-refractivity contribution in [2.75, 3.05) is 0 Å². The molecule has 0 saturated heterocycles. The van der Waals surface area contributed by atoms with Crippen LogP contribution in [0.3, 0.4) is 0 Å². The maximum absolute atomic E-state index is 5.51. The summed E-state index contributed by atoms with van der Waals surface area (Å²) in [6, 6.07) is 1.04. The predicted molar refractivity (Wildman–Crippen MR) is 64.7 cm³/mol. The van der Waals surface area contributed by atoms with Crippen LogP contribution in [0.5, 0.6) is 0 Å². The van der Waals surface area contributed by atoms with Gasteiger partial charge in [-0.25, -0.2) is 0 Å². The highest BCUT2D eigenvalue weighted by Crippen LogP contribution is 2.43. The summed E-state index contributed by atoms with van der Waals surface area (Å²) in [4.78, 5) is 0. The van der Waals surface area contributed by atoms with E-state index >= 15 is 0 Å². The van der Waals surface area contributed by atoms with E-state index < -0.39 is 8.07 Å². The van der Waals surface area contributed by atoms with Crippen molar-refractivity contribution in [1.29, 1.82) is 0 Å². The van der Waals surface area contributed by atoms with Crippen molar-refractivity contribution in [2.24, 2.45) is 0 Å². The van der Waals surface area contributed by atoms with Gasteiger partial charge in [0, 0.05) is 6.04 Å². The van der Waals surface area contributed by atoms with Gasteiger partial charge in [-0.3, -0.25) is 0 Å². The van der Waals surface area contributed by atoms with Crippen molar-refractivity contribution in [3.05, 3.63) is 0 Å². The zero-order valence-corrected chi connectivity index (χ0v) is 11.0. The molecular formula is C12H24Si. The molecule has 0 amide bonds. The van der Waals surface area contributed by atoms with E-state index in [0.717, 1.165) is 22.7 Å². The quantitative estimate of drug-likeness (QED) is 0.464. The highest BCUT2D eigenvalue weighted by atomic mass is 28.3. The highest BCUT2D eigenvalue weighted by molar-refractivity contribution is 6.84. The largest absolute Gasteiger partial charge is 0.120 e. The van der Waals surface area contributed by atoms with E-state index in [1.54, 1.807) is 0 Å². The third-order valence-electron chi connectivity index (χ3n) is 3.63. The molecule has 0 aliphatic heterocycles. The van der Waals surface area contributed by atoms with E-state index in [-0.39, 0.29) is 0 Å². The Bertz CT molecular complexity index is 162. The Labute approximate surface area is 85.1 Å². The third-order valence-corrected chi connectivity index (χ3v) is 10.9. The fourth-order valence-electron chi connectivity index (χ4n) is 2.79. The second kappa shape index (κ2) is 4.86. The lowest BCUT2D eigenvalue weighted by molar-refractivity contribution is 0.813. The van der Waals surface area contributed by atoms with E-state index in [9.17, 15) is 0 Å². The Balaban J connectivity index is 4.96. The van der Waals surface area contributed by atoms with Crippen molar-refractivity contribution in [1.82, 2.24) is 0 Å². The van der Waals surface area contributed by atoms with Gasteiger partial charge in [0.05, 0.1) is 8.07 Å². The van der Waals surface area contributed by atoms with Crippen molar-refractivity contribution >= 4 is 8.07 Å². The first-order valence-corrected chi connectivity index (χ1v) is 7.77. The molecule has 76 valence electrons. The Morgan fingerprint density at radius 3 is 1.31 bits per heavy atom. The predicted octanol–water partition coefficient (Wildman–Crippen LogP) is 4.30. The van der Waals surface area contributed by atoms with Gasteiger partial charge in [0.2, 0.25) is 0 Å². The first-order valence-electron chi connectivity index (χ1n) is 5.33. The summed E-state index contributed by atoms with van der Waals surface area (Å²) >= 11 is 0. The number of hydrogen-bond acceptors (Lipinski definition) is 0. The van der Waals surface area contributed by atoms with Crippen LogP contribution in [0.25, 0.3) is 0 Å². The molecule has 0 nitrogen and oxygen atoms in total. The van der Waals surface area contributed by atoms with Gasteiger partial charge >= 0.3 is 0 Å². The van der Waals surface area contributed by atoms with Crippen molar-refractivity contribution in [3.63, 3.8) is 0 Å². The maximum atomic E-state index is 5.51. The number of hydrogen-bond donors (Lipinski definition) is 0. The van der Waals surface area contributed by atoms with Gasteiger partial charge in [0.25, 0.3) is 0 Å². The summed E-state index contributed by atoms with van der Waals surface area (Å²) in [6.45, 7) is 14.1. The number of rotatable bonds is 4. The van der Waals surface area contributed by atoms with Crippen LogP contribution in [0.2, 0.25) is 22.7 Å². The van der Waals surface area contributed by atoms with Crippen LogP contribution >= 0.6 is 0 Å². The molecule has 0 N–H and O–H groups in total. The summed E-state index contributed by atoms with van der Waals surface area (Å²) in [5.41, 5.74) is 2.38. The fraction of sp³-hybridized carbons (Fsp3) is 0.833. The van der Waals surface area contributed by atoms with E-state index in [2.05, 4.69) is 47.5 Å². The van der Waals surface area contributed by atoms with E-state index in [1.165, 1.54) is 0 Å². The van der Waals surface area contributed by atoms with Crippen LogP contribution in [0.1, 0.15) is 41.5 Å². The summed E-state index contributed by atoms with van der Waals surface area (Å²) < 4.78 is 0. The Hall–Kier alpha value is -0.223. The molecule has 0 aliphatic carbocycles. The van der Waals surface area contributed by atoms with Gasteiger partial charge in [-0.2, -0.15) is 0 Å². The van der Waals surface area contributed by atoms with Gasteiger partial charge in [-0.1, -0.05) is 41.5 Å². The minimum atomic E-state index is -1.26. The van der Waals surface area contributed by atoms with Gasteiger partial charge in [-0.15, -0.1) is 12.3 Å². The molecule has 0 fully saturated rings. The van der Waals surface area contributed by atoms with Gasteiger partial charge in [0.1, 0.15) is 0 Å². The molecule has 0 spiro atoms. The van der Waals surface area contributed by atoms with E-state index in [1.807, 2.05) is 0 Å². The van der Waals surface area contributed by atoms with Crippen molar-refractivity contribution in [2.45, 2.75) is 64.2 Å². The first kappa shape index (κ1) is 12.8. The standard InChI is InChI=1S/C12H24Si/c1-8-9-13(10(2)3,11(4)5)12(6)7/h1,10-12H,9H2,2-7H3. The van der Waals surface area contributed by atoms with Crippen LogP contribution in [0.4, 0.5) is 0 Å². The van der Waals surface area contributed by atoms with Crippen LogP contribution in [-0.2, 0) is 0 Å². The third kappa shape index (κ3) is 2.37. The van der Waals surface area contributed by atoms with Crippen LogP contribution in [0, 0.1) is 12.3 Å². The Morgan fingerprint density at radius 1 is 0.923 bits per heavy atom. The molecule has 0 aliphatic rings. The molecule has 0 radical (unpaired) electrons. The topological polar surface area (TPSA) is 0 Å². The summed E-state index contributed by atoms with van der Waals surface area (Å²) in [7, 11) is -1.26. The highest BCUT2D eigenvalue weighted by Gasteiger charge is 2.41. The first-order chi connectivity index (χ1) is 5.89. The van der Waals surface area contributed by atoms with Crippen molar-refractivity contribution < 1.29 is 0 Å². The summed E-state index contributed by atoms with van der Waals surface area (Å²) in [6.07, 6.45) is 5.51.